The first-order valence-electron chi connectivity index (χ1n) is 18.5. The van der Waals surface area contributed by atoms with Gasteiger partial charge in [0.05, 0.1) is 52.7 Å². The number of alkyl carbamates (subject to hydrolysis) is 2. The fourth-order valence-corrected chi connectivity index (χ4v) is 7.09. The number of carbonyl (C=O) groups is 4. The fraction of sp³-hybridized carbons (Fsp3) is 0.600. The zero-order chi connectivity index (χ0) is 39.9. The SMILES string of the molecule is COc1cc(OC)cc(C(NC(=O)OC(C)C)C2CCC(C(=O)[O-])CC2)c1.COc1cc(OC)cc(C(NC(=O)OC(C)C)C2CCC(C(=O)[O-])CC2)c1.[Mg+2]. The molecule has 2 N–H and O–H groups in total. The Morgan fingerprint density at radius 2 is 0.800 bits per heavy atom. The van der Waals surface area contributed by atoms with Crippen molar-refractivity contribution in [3.8, 4) is 23.0 Å². The predicted octanol–water partition coefficient (Wildman–Crippen LogP) is 4.49. The van der Waals surface area contributed by atoms with Gasteiger partial charge in [-0.25, -0.2) is 9.59 Å². The Hall–Kier alpha value is -4.11. The number of carbonyl (C=O) groups excluding carboxylic acids is 4. The molecule has 2 aromatic carbocycles. The van der Waals surface area contributed by atoms with E-state index in [-0.39, 0.29) is 59.2 Å². The van der Waals surface area contributed by atoms with Crippen LogP contribution in [-0.4, -0.2) is 87.8 Å². The van der Waals surface area contributed by atoms with Gasteiger partial charge in [0, 0.05) is 24.1 Å². The maximum Gasteiger partial charge on any atom is 2.00 e. The Bertz CT molecular complexity index is 1380. The average Bonchev–Trinajstić information content (AvgIpc) is 3.15. The van der Waals surface area contributed by atoms with Crippen molar-refractivity contribution >= 4 is 47.2 Å². The zero-order valence-electron chi connectivity index (χ0n) is 33.3. The number of rotatable bonds is 14. The fourth-order valence-electron chi connectivity index (χ4n) is 7.09. The van der Waals surface area contributed by atoms with Gasteiger partial charge < -0.3 is 58.9 Å². The molecule has 0 aliphatic heterocycles. The Morgan fingerprint density at radius 1 is 0.527 bits per heavy atom. The number of methoxy groups -OCH3 is 4. The molecule has 0 heterocycles. The van der Waals surface area contributed by atoms with Crippen molar-refractivity contribution in [3.63, 3.8) is 0 Å². The summed E-state index contributed by atoms with van der Waals surface area (Å²) in [5.74, 6) is -0.203. The van der Waals surface area contributed by atoms with Crippen LogP contribution in [0.3, 0.4) is 0 Å². The van der Waals surface area contributed by atoms with Crippen LogP contribution in [0.1, 0.15) is 102 Å². The quantitative estimate of drug-likeness (QED) is 0.256. The number of hydrogen-bond acceptors (Lipinski definition) is 12. The van der Waals surface area contributed by atoms with Gasteiger partial charge in [-0.15, -0.1) is 0 Å². The molecule has 2 aliphatic rings. The van der Waals surface area contributed by atoms with Gasteiger partial charge in [-0.1, -0.05) is 0 Å². The van der Waals surface area contributed by atoms with Gasteiger partial charge >= 0.3 is 35.2 Å². The third kappa shape index (κ3) is 14.8. The number of aliphatic carboxylic acids is 2. The van der Waals surface area contributed by atoms with Crippen molar-refractivity contribution in [2.75, 3.05) is 28.4 Å². The average molecular weight is 781 g/mol. The van der Waals surface area contributed by atoms with Gasteiger partial charge in [0.1, 0.15) is 23.0 Å². The predicted molar refractivity (Wildman–Crippen MR) is 201 cm³/mol. The molecule has 2 aliphatic carbocycles. The second-order valence-electron chi connectivity index (χ2n) is 14.3. The van der Waals surface area contributed by atoms with Gasteiger partial charge in [-0.2, -0.15) is 0 Å². The summed E-state index contributed by atoms with van der Waals surface area (Å²) < 4.78 is 31.9. The molecule has 14 nitrogen and oxygen atoms in total. The molecular formula is C40H56MgN2O12. The van der Waals surface area contributed by atoms with E-state index in [1.807, 2.05) is 24.3 Å². The van der Waals surface area contributed by atoms with Crippen molar-refractivity contribution in [1.82, 2.24) is 10.6 Å². The van der Waals surface area contributed by atoms with Crippen molar-refractivity contribution in [2.24, 2.45) is 23.7 Å². The summed E-state index contributed by atoms with van der Waals surface area (Å²) in [6.45, 7) is 7.14. The molecule has 15 heteroatoms. The van der Waals surface area contributed by atoms with E-state index in [1.54, 1.807) is 68.3 Å². The Morgan fingerprint density at radius 3 is 1.02 bits per heavy atom. The van der Waals surface area contributed by atoms with Crippen molar-refractivity contribution in [1.29, 1.82) is 0 Å². The Kier molecular flexibility index (Phi) is 19.7. The number of ether oxygens (including phenoxy) is 6. The van der Waals surface area contributed by atoms with Crippen LogP contribution in [0.5, 0.6) is 23.0 Å². The molecule has 0 spiro atoms. The van der Waals surface area contributed by atoms with Gasteiger partial charge in [0.15, 0.2) is 0 Å². The summed E-state index contributed by atoms with van der Waals surface area (Å²) in [4.78, 5) is 46.8. The Balaban J connectivity index is 0.000000373. The molecule has 300 valence electrons. The van der Waals surface area contributed by atoms with Crippen LogP contribution in [0, 0.1) is 23.7 Å². The minimum Gasteiger partial charge on any atom is -0.550 e. The standard InChI is InChI=1S/2C20H29NO6.Mg/c2*1-12(2)27-20(24)21-18(13-5-7-14(8-6-13)19(22)23)15-9-16(25-3)11-17(10-15)26-4;/h2*9-14,18H,5-8H2,1-4H3,(H,21,24)(H,22,23);/q;;+2/p-2. The normalized spacial score (nSPS) is 20.3. The summed E-state index contributed by atoms with van der Waals surface area (Å²) >= 11 is 0. The smallest absolute Gasteiger partial charge is 0.550 e. The molecule has 0 aromatic heterocycles. The number of carboxylic acid groups (broad SMARTS) is 2. The molecule has 0 radical (unpaired) electrons. The molecular weight excluding hydrogens is 725 g/mol. The van der Waals surface area contributed by atoms with E-state index in [0.29, 0.717) is 74.4 Å². The minimum absolute atomic E-state index is 0. The van der Waals surface area contributed by atoms with Crippen molar-refractivity contribution in [3.05, 3.63) is 47.5 Å². The summed E-state index contributed by atoms with van der Waals surface area (Å²) in [5, 5.41) is 28.2. The molecule has 4 rings (SSSR count). The molecule has 0 bridgehead atoms. The Labute approximate surface area is 340 Å². The van der Waals surface area contributed by atoms with Crippen LogP contribution < -0.4 is 39.8 Å². The number of benzene rings is 2. The van der Waals surface area contributed by atoms with Crippen LogP contribution in [0.25, 0.3) is 0 Å². The summed E-state index contributed by atoms with van der Waals surface area (Å²) in [5.41, 5.74) is 1.67. The number of carboxylic acids is 2. The summed E-state index contributed by atoms with van der Waals surface area (Å²) in [6.07, 6.45) is 3.34. The number of nitrogens with one attached hydrogen (secondary N) is 2. The summed E-state index contributed by atoms with van der Waals surface area (Å²) in [7, 11) is 6.27. The minimum atomic E-state index is -1.000. The first-order valence-corrected chi connectivity index (χ1v) is 18.5. The molecule has 2 unspecified atom stereocenters. The molecule has 2 saturated carbocycles. The third-order valence-electron chi connectivity index (χ3n) is 9.85. The van der Waals surface area contributed by atoms with Crippen molar-refractivity contribution < 1.29 is 57.8 Å². The molecule has 2 amide bonds. The number of amides is 2. The zero-order valence-corrected chi connectivity index (χ0v) is 34.8. The van der Waals surface area contributed by atoms with Crippen LogP contribution >= 0.6 is 0 Å². The van der Waals surface area contributed by atoms with Gasteiger partial charge in [0.25, 0.3) is 0 Å². The summed E-state index contributed by atoms with van der Waals surface area (Å²) in [6, 6.07) is 10.3. The second-order valence-corrected chi connectivity index (χ2v) is 14.3. The van der Waals surface area contributed by atoms with Gasteiger partial charge in [0.2, 0.25) is 0 Å². The molecule has 2 fully saturated rings. The molecule has 2 atom stereocenters. The van der Waals surface area contributed by atoms with E-state index in [9.17, 15) is 29.4 Å². The van der Waals surface area contributed by atoms with Gasteiger partial charge in [-0.05, 0) is 138 Å². The van der Waals surface area contributed by atoms with Crippen molar-refractivity contribution in [2.45, 2.75) is 103 Å². The largest absolute Gasteiger partial charge is 2.00 e. The van der Waals surface area contributed by atoms with Gasteiger partial charge in [-0.3, -0.25) is 0 Å². The van der Waals surface area contributed by atoms with Crippen LogP contribution in [-0.2, 0) is 19.1 Å². The third-order valence-corrected chi connectivity index (χ3v) is 9.85. The molecule has 0 saturated heterocycles. The van der Waals surface area contributed by atoms with E-state index in [2.05, 4.69) is 10.6 Å². The second kappa shape index (κ2) is 23.1. The molecule has 2 aromatic rings. The van der Waals surface area contributed by atoms with Crippen LogP contribution in [0.2, 0.25) is 0 Å². The topological polar surface area (TPSA) is 194 Å². The first-order chi connectivity index (χ1) is 25.7. The monoisotopic (exact) mass is 780 g/mol. The van der Waals surface area contributed by atoms with Crippen LogP contribution in [0.4, 0.5) is 9.59 Å². The number of hydrogen-bond donors (Lipinski definition) is 2. The van der Waals surface area contributed by atoms with E-state index in [4.69, 9.17) is 28.4 Å². The molecule has 55 heavy (non-hydrogen) atoms. The van der Waals surface area contributed by atoms with E-state index in [1.165, 1.54) is 0 Å². The van der Waals surface area contributed by atoms with E-state index < -0.39 is 36.0 Å². The maximum absolute atomic E-state index is 12.3. The van der Waals surface area contributed by atoms with Crippen LogP contribution in [0.15, 0.2) is 36.4 Å². The maximum atomic E-state index is 12.3. The van der Waals surface area contributed by atoms with E-state index in [0.717, 1.165) is 11.1 Å². The first kappa shape index (κ1) is 47.0. The van der Waals surface area contributed by atoms with E-state index >= 15 is 0 Å².